The molecule has 4 N–H and O–H groups in total. The average Bonchev–Trinajstić information content (AvgIpc) is 2.94. The van der Waals surface area contributed by atoms with E-state index in [1.807, 2.05) is 0 Å². The van der Waals surface area contributed by atoms with E-state index in [9.17, 15) is 39.4 Å². The van der Waals surface area contributed by atoms with Gasteiger partial charge < -0.3 is 30.5 Å². The second kappa shape index (κ2) is 14.7. The van der Waals surface area contributed by atoms with E-state index in [1.54, 1.807) is 0 Å². The number of nitro benzene ring substituents is 2. The van der Waals surface area contributed by atoms with Crippen molar-refractivity contribution in [3.63, 3.8) is 0 Å². The van der Waals surface area contributed by atoms with Crippen LogP contribution in [-0.4, -0.2) is 80.6 Å². The number of nitrogens with one attached hydrogen (secondary N) is 1. The molecule has 18 heteroatoms. The average molecular weight is 602 g/mol. The Morgan fingerprint density at radius 3 is 1.95 bits per heavy atom. The van der Waals surface area contributed by atoms with E-state index in [0.29, 0.717) is 11.1 Å². The molecule has 0 saturated carbocycles. The van der Waals surface area contributed by atoms with E-state index in [1.165, 1.54) is 48.5 Å². The van der Waals surface area contributed by atoms with Gasteiger partial charge in [0.1, 0.15) is 13.2 Å². The first-order valence-corrected chi connectivity index (χ1v) is 12.6. The van der Waals surface area contributed by atoms with E-state index < -0.39 is 40.0 Å². The molecule has 0 bridgehead atoms. The number of non-ortho nitro benzene ring substituents is 2. The largest absolute Gasteiger partial charge is 0.465 e. The molecule has 1 saturated heterocycles. The fourth-order valence-electron chi connectivity index (χ4n) is 3.70. The summed E-state index contributed by atoms with van der Waals surface area (Å²) in [6.07, 6.45) is -3.31. The summed E-state index contributed by atoms with van der Waals surface area (Å²) < 4.78 is 10.2. The van der Waals surface area contributed by atoms with Gasteiger partial charge in [-0.1, -0.05) is 0 Å². The Morgan fingerprint density at radius 2 is 1.47 bits per heavy atom. The lowest BCUT2D eigenvalue weighted by atomic mass is 10.1. The quantitative estimate of drug-likeness (QED) is 0.145. The van der Waals surface area contributed by atoms with Crippen molar-refractivity contribution < 1.29 is 43.6 Å². The molecular formula is C25H27N7O11. The van der Waals surface area contributed by atoms with E-state index in [-0.39, 0.29) is 63.1 Å². The lowest BCUT2D eigenvalue weighted by Crippen LogP contribution is -2.60. The van der Waals surface area contributed by atoms with Crippen molar-refractivity contribution in [3.8, 4) is 0 Å². The number of hydrogen-bond donors (Lipinski definition) is 3. The number of amides is 4. The number of nitrogens with zero attached hydrogens (tertiary/aromatic N) is 5. The standard InChI is InChI=1S/C25H27N7O11/c26-22(28-23(34)42-14-16-3-7-19(8-4-16)31(38)39)30(11-1-2-21(33)27-18-12-29(13-18)24(35)36)25(37)43-15-17-5-9-20(10-6-17)32(40)41/h3-10,18H,1-2,11-15H2,(H,27,33)(H,35,36)(H2,26,28,34). The maximum atomic E-state index is 12.9. The number of carboxylic acid groups (broad SMARTS) is 1. The van der Waals surface area contributed by atoms with E-state index in [4.69, 9.17) is 20.3 Å². The van der Waals surface area contributed by atoms with Crippen LogP contribution in [0.4, 0.5) is 25.8 Å². The van der Waals surface area contributed by atoms with Crippen LogP contribution >= 0.6 is 0 Å². The van der Waals surface area contributed by atoms with Crippen LogP contribution < -0.4 is 11.1 Å². The molecule has 0 aliphatic carbocycles. The summed E-state index contributed by atoms with van der Waals surface area (Å²) >= 11 is 0. The number of likely N-dealkylation sites (tertiary alicyclic amines) is 1. The molecule has 0 spiro atoms. The molecule has 3 rings (SSSR count). The van der Waals surface area contributed by atoms with Crippen molar-refractivity contribution in [1.29, 1.82) is 0 Å². The zero-order valence-electron chi connectivity index (χ0n) is 22.5. The summed E-state index contributed by atoms with van der Waals surface area (Å²) in [5.74, 6) is -0.994. The number of hydrogen-bond acceptors (Lipinski definition) is 10. The number of ether oxygens (including phenoxy) is 2. The molecule has 228 valence electrons. The van der Waals surface area contributed by atoms with Gasteiger partial charge in [-0.05, 0) is 41.8 Å². The highest BCUT2D eigenvalue weighted by Gasteiger charge is 2.31. The van der Waals surface area contributed by atoms with Crippen LogP contribution in [0.3, 0.4) is 0 Å². The lowest BCUT2D eigenvalue weighted by Gasteiger charge is -2.37. The molecule has 1 fully saturated rings. The molecule has 1 heterocycles. The number of nitrogens with two attached hydrogens (primary N) is 1. The smallest absolute Gasteiger partial charge is 0.437 e. The van der Waals surface area contributed by atoms with Gasteiger partial charge in [0.15, 0.2) is 0 Å². The molecule has 2 aromatic carbocycles. The second-order valence-corrected chi connectivity index (χ2v) is 9.13. The van der Waals surface area contributed by atoms with E-state index in [2.05, 4.69) is 10.3 Å². The van der Waals surface area contributed by atoms with Crippen molar-refractivity contribution in [2.75, 3.05) is 19.6 Å². The molecular weight excluding hydrogens is 574 g/mol. The van der Waals surface area contributed by atoms with Gasteiger partial charge in [0, 0.05) is 50.3 Å². The van der Waals surface area contributed by atoms with Crippen molar-refractivity contribution in [1.82, 2.24) is 15.1 Å². The zero-order valence-corrected chi connectivity index (χ0v) is 22.5. The highest BCUT2D eigenvalue weighted by molar-refractivity contribution is 5.98. The summed E-state index contributed by atoms with van der Waals surface area (Å²) in [6, 6.07) is 10.1. The SMILES string of the molecule is NC(=NC(=O)OCc1ccc([N+](=O)[O-])cc1)N(CCCC(=O)NC1CN(C(=O)O)C1)C(=O)OCc1ccc([N+](=O)[O-])cc1. The van der Waals surface area contributed by atoms with Gasteiger partial charge >= 0.3 is 18.3 Å². The Balaban J connectivity index is 1.59. The number of aliphatic imine (C=N–C) groups is 1. The number of carbonyl (C=O) groups excluding carboxylic acids is 3. The van der Waals surface area contributed by atoms with E-state index >= 15 is 0 Å². The normalized spacial score (nSPS) is 12.9. The van der Waals surface area contributed by atoms with E-state index in [0.717, 1.165) is 9.80 Å². The molecule has 0 atom stereocenters. The molecule has 2 aromatic rings. The molecule has 1 aliphatic rings. The van der Waals surface area contributed by atoms with Crippen LogP contribution in [0.15, 0.2) is 53.5 Å². The van der Waals surface area contributed by atoms with Gasteiger partial charge in [0.25, 0.3) is 11.4 Å². The maximum absolute atomic E-state index is 12.9. The topological polar surface area (TPSA) is 250 Å². The fraction of sp³-hybridized carbons (Fsp3) is 0.320. The molecule has 1 aliphatic heterocycles. The van der Waals surface area contributed by atoms with Gasteiger partial charge in [-0.2, -0.15) is 0 Å². The number of guanidine groups is 1. The third kappa shape index (κ3) is 9.66. The number of nitro groups is 2. The predicted molar refractivity (Wildman–Crippen MR) is 146 cm³/mol. The Kier molecular flexibility index (Phi) is 10.9. The lowest BCUT2D eigenvalue weighted by molar-refractivity contribution is -0.385. The first kappa shape index (κ1) is 31.7. The molecule has 0 radical (unpaired) electrons. The van der Waals surface area contributed by atoms with Gasteiger partial charge in [-0.25, -0.2) is 19.3 Å². The number of carbonyl (C=O) groups is 4. The zero-order chi connectivity index (χ0) is 31.5. The minimum absolute atomic E-state index is 0.0574. The maximum Gasteiger partial charge on any atom is 0.437 e. The molecule has 0 aromatic heterocycles. The summed E-state index contributed by atoms with van der Waals surface area (Å²) in [6.45, 7) is -0.483. The Morgan fingerprint density at radius 1 is 0.953 bits per heavy atom. The third-order valence-corrected chi connectivity index (χ3v) is 6.02. The first-order chi connectivity index (χ1) is 20.4. The van der Waals surface area contributed by atoms with Crippen molar-refractivity contribution in [3.05, 3.63) is 79.9 Å². The number of rotatable bonds is 11. The molecule has 43 heavy (non-hydrogen) atoms. The number of benzene rings is 2. The molecule has 0 unspecified atom stereocenters. The van der Waals surface area contributed by atoms with Crippen molar-refractivity contribution in [2.24, 2.45) is 10.7 Å². The summed E-state index contributed by atoms with van der Waals surface area (Å²) in [7, 11) is 0. The Labute approximate surface area is 243 Å². The Hall–Kier alpha value is -5.81. The summed E-state index contributed by atoms with van der Waals surface area (Å²) in [5, 5.41) is 33.2. The first-order valence-electron chi connectivity index (χ1n) is 12.6. The third-order valence-electron chi connectivity index (χ3n) is 6.02. The van der Waals surface area contributed by atoms with Crippen LogP contribution in [-0.2, 0) is 27.5 Å². The van der Waals surface area contributed by atoms with Crippen LogP contribution in [0.2, 0.25) is 0 Å². The highest BCUT2D eigenvalue weighted by Crippen LogP contribution is 2.15. The molecule has 4 amide bonds. The van der Waals surface area contributed by atoms with Crippen LogP contribution in [0.5, 0.6) is 0 Å². The van der Waals surface area contributed by atoms with Crippen LogP contribution in [0, 0.1) is 20.2 Å². The van der Waals surface area contributed by atoms with Gasteiger partial charge in [-0.3, -0.25) is 25.0 Å². The van der Waals surface area contributed by atoms with Gasteiger partial charge in [0.2, 0.25) is 11.9 Å². The van der Waals surface area contributed by atoms with Gasteiger partial charge in [0.05, 0.1) is 15.9 Å². The van der Waals surface area contributed by atoms with Crippen LogP contribution in [0.25, 0.3) is 0 Å². The molecule has 18 nitrogen and oxygen atoms in total. The monoisotopic (exact) mass is 601 g/mol. The van der Waals surface area contributed by atoms with Crippen LogP contribution in [0.1, 0.15) is 24.0 Å². The minimum Gasteiger partial charge on any atom is -0.465 e. The summed E-state index contributed by atoms with van der Waals surface area (Å²) in [4.78, 5) is 74.2. The summed E-state index contributed by atoms with van der Waals surface area (Å²) in [5.41, 5.74) is 6.44. The second-order valence-electron chi connectivity index (χ2n) is 9.13. The predicted octanol–water partition coefficient (Wildman–Crippen LogP) is 2.35. The minimum atomic E-state index is -1.17. The highest BCUT2D eigenvalue weighted by atomic mass is 16.6. The van der Waals surface area contributed by atoms with Crippen molar-refractivity contribution >= 4 is 41.5 Å². The Bertz CT molecular complexity index is 1390. The van der Waals surface area contributed by atoms with Crippen molar-refractivity contribution in [2.45, 2.75) is 32.1 Å². The van der Waals surface area contributed by atoms with Gasteiger partial charge in [-0.15, -0.1) is 4.99 Å². The fourth-order valence-corrected chi connectivity index (χ4v) is 3.70.